The van der Waals surface area contributed by atoms with Gasteiger partial charge in [0.2, 0.25) is 0 Å². The highest BCUT2D eigenvalue weighted by atomic mass is 32.2. The maximum atomic E-state index is 12.6. The van der Waals surface area contributed by atoms with E-state index in [0.29, 0.717) is 30.2 Å². The third kappa shape index (κ3) is 7.29. The van der Waals surface area contributed by atoms with Gasteiger partial charge in [-0.3, -0.25) is 14.5 Å². The van der Waals surface area contributed by atoms with Crippen molar-refractivity contribution < 1.29 is 27.9 Å². The van der Waals surface area contributed by atoms with Gasteiger partial charge in [0.1, 0.15) is 5.84 Å². The summed E-state index contributed by atoms with van der Waals surface area (Å²) in [5.74, 6) is -0.800. The van der Waals surface area contributed by atoms with Crippen LogP contribution >= 0.6 is 0 Å². The van der Waals surface area contributed by atoms with Crippen molar-refractivity contribution in [2.45, 2.75) is 30.6 Å². The molecule has 1 amide bonds. The molecular weight excluding hydrogens is 460 g/mol. The van der Waals surface area contributed by atoms with Gasteiger partial charge < -0.3 is 20.5 Å². The predicted octanol–water partition coefficient (Wildman–Crippen LogP) is 2.14. The first kappa shape index (κ1) is 25.2. The van der Waals surface area contributed by atoms with E-state index in [-0.39, 0.29) is 23.6 Å². The Hall–Kier alpha value is -3.44. The van der Waals surface area contributed by atoms with Crippen molar-refractivity contribution >= 4 is 39.1 Å². The normalized spacial score (nSPS) is 13.9. The van der Waals surface area contributed by atoms with Crippen molar-refractivity contribution in [3.8, 4) is 0 Å². The van der Waals surface area contributed by atoms with E-state index in [9.17, 15) is 18.0 Å². The average Bonchev–Trinajstić information content (AvgIpc) is 3.10. The van der Waals surface area contributed by atoms with Gasteiger partial charge in [-0.15, -0.1) is 0 Å². The predicted molar refractivity (Wildman–Crippen MR) is 128 cm³/mol. The molecule has 1 heterocycles. The Kier molecular flexibility index (Phi) is 9.00. The molecule has 182 valence electrons. The molecule has 2 aromatic carbocycles. The van der Waals surface area contributed by atoms with Crippen molar-refractivity contribution in [3.63, 3.8) is 0 Å². The lowest BCUT2D eigenvalue weighted by atomic mass is 10.2. The summed E-state index contributed by atoms with van der Waals surface area (Å²) in [6, 6.07) is 12.3. The molecule has 2 aromatic rings. The largest absolute Gasteiger partial charge is 0.452 e. The molecule has 0 spiro atoms. The van der Waals surface area contributed by atoms with Crippen LogP contribution < -0.4 is 15.4 Å². The quantitative estimate of drug-likeness (QED) is 0.396. The van der Waals surface area contributed by atoms with E-state index in [4.69, 9.17) is 9.84 Å². The zero-order valence-corrected chi connectivity index (χ0v) is 19.4. The molecule has 10 nitrogen and oxygen atoms in total. The number of aliphatic hydroxyl groups is 1. The number of ether oxygens (including phenoxy) is 1. The van der Waals surface area contributed by atoms with Crippen LogP contribution in [-0.2, 0) is 19.6 Å². The molecule has 0 saturated heterocycles. The third-order valence-electron chi connectivity index (χ3n) is 4.98. The van der Waals surface area contributed by atoms with Crippen LogP contribution in [0.3, 0.4) is 0 Å². The molecule has 0 radical (unpaired) electrons. The summed E-state index contributed by atoms with van der Waals surface area (Å²) in [4.78, 5) is 28.9. The van der Waals surface area contributed by atoms with Gasteiger partial charge in [-0.1, -0.05) is 18.6 Å². The first-order chi connectivity index (χ1) is 16.4. The van der Waals surface area contributed by atoms with Crippen LogP contribution in [0.25, 0.3) is 0 Å². The zero-order valence-electron chi connectivity index (χ0n) is 18.6. The molecular formula is C23H28N4O6S. The lowest BCUT2D eigenvalue weighted by Crippen LogP contribution is -2.30. The minimum atomic E-state index is -3.77. The maximum absolute atomic E-state index is 12.6. The first-order valence-electron chi connectivity index (χ1n) is 11.0. The van der Waals surface area contributed by atoms with E-state index in [1.807, 2.05) is 0 Å². The van der Waals surface area contributed by atoms with Gasteiger partial charge in [-0.2, -0.15) is 0 Å². The minimum Gasteiger partial charge on any atom is -0.452 e. The van der Waals surface area contributed by atoms with E-state index in [1.54, 1.807) is 24.3 Å². The van der Waals surface area contributed by atoms with E-state index in [1.165, 1.54) is 24.3 Å². The fourth-order valence-electron chi connectivity index (χ4n) is 3.30. The fourth-order valence-corrected chi connectivity index (χ4v) is 4.39. The number of benzene rings is 2. The van der Waals surface area contributed by atoms with Crippen molar-refractivity contribution in [1.82, 2.24) is 4.72 Å². The number of carbonyl (C=O) groups is 2. The highest BCUT2D eigenvalue weighted by Crippen LogP contribution is 2.17. The molecule has 3 rings (SSSR count). The van der Waals surface area contributed by atoms with Gasteiger partial charge in [-0.05, 0) is 49.2 Å². The van der Waals surface area contributed by atoms with Gasteiger partial charge in [0.25, 0.3) is 15.9 Å². The average molecular weight is 489 g/mol. The SMILES string of the molecule is O=C(COC(=O)c1ccccc1NCCO)Nc1ccc(S(=O)(=O)NC2=NCCCCC2)cc1. The summed E-state index contributed by atoms with van der Waals surface area (Å²) < 4.78 is 32.8. The van der Waals surface area contributed by atoms with Gasteiger partial charge >= 0.3 is 5.97 Å². The molecule has 1 aliphatic heterocycles. The smallest absolute Gasteiger partial charge is 0.340 e. The van der Waals surface area contributed by atoms with E-state index in [0.717, 1.165) is 19.3 Å². The van der Waals surface area contributed by atoms with Crippen LogP contribution in [0.15, 0.2) is 58.4 Å². The molecule has 34 heavy (non-hydrogen) atoms. The van der Waals surface area contributed by atoms with E-state index >= 15 is 0 Å². The van der Waals surface area contributed by atoms with E-state index < -0.39 is 28.5 Å². The highest BCUT2D eigenvalue weighted by molar-refractivity contribution is 7.90. The number of esters is 1. The number of sulfonamides is 1. The van der Waals surface area contributed by atoms with Crippen LogP contribution in [0.5, 0.6) is 0 Å². The molecule has 0 bridgehead atoms. The number of aliphatic hydroxyl groups excluding tert-OH is 1. The van der Waals surface area contributed by atoms with Crippen molar-refractivity contribution in [1.29, 1.82) is 0 Å². The molecule has 0 saturated carbocycles. The monoisotopic (exact) mass is 488 g/mol. The number of amides is 1. The molecule has 1 aliphatic rings. The fraction of sp³-hybridized carbons (Fsp3) is 0.348. The Balaban J connectivity index is 1.54. The molecule has 0 aliphatic carbocycles. The standard InChI is InChI=1S/C23H28N4O6S/c28-15-14-24-20-7-4-3-6-19(20)23(30)33-16-22(29)26-17-9-11-18(12-10-17)34(31,32)27-21-8-2-1-5-13-25-21/h3-4,6-7,9-12,24,28H,1-2,5,8,13-16H2,(H,25,27)(H,26,29). The number of nitrogens with zero attached hydrogens (tertiary/aromatic N) is 1. The van der Waals surface area contributed by atoms with Gasteiger partial charge in [0.15, 0.2) is 6.61 Å². The number of anilines is 2. The summed E-state index contributed by atoms with van der Waals surface area (Å²) in [6.45, 7) is 0.254. The maximum Gasteiger partial charge on any atom is 0.340 e. The zero-order chi connectivity index (χ0) is 24.4. The van der Waals surface area contributed by atoms with Crippen LogP contribution in [-0.4, -0.2) is 57.5 Å². The number of hydrogen-bond acceptors (Lipinski definition) is 8. The molecule has 0 fully saturated rings. The number of aliphatic imine (C=N–C) groups is 1. The minimum absolute atomic E-state index is 0.0517. The van der Waals surface area contributed by atoms with Gasteiger partial charge in [-0.25, -0.2) is 13.2 Å². The van der Waals surface area contributed by atoms with Crippen LogP contribution in [0.4, 0.5) is 11.4 Å². The number of amidine groups is 1. The third-order valence-corrected chi connectivity index (χ3v) is 6.38. The molecule has 0 unspecified atom stereocenters. The number of rotatable bonds is 9. The molecule has 4 N–H and O–H groups in total. The summed E-state index contributed by atoms with van der Waals surface area (Å²) in [5, 5.41) is 14.4. The van der Waals surface area contributed by atoms with Crippen molar-refractivity contribution in [3.05, 3.63) is 54.1 Å². The molecule has 11 heteroatoms. The van der Waals surface area contributed by atoms with Gasteiger partial charge in [0, 0.05) is 30.9 Å². The number of hydrogen-bond donors (Lipinski definition) is 4. The Morgan fingerprint density at radius 3 is 2.56 bits per heavy atom. The molecule has 0 atom stereocenters. The number of para-hydroxylation sites is 1. The second kappa shape index (κ2) is 12.1. The van der Waals surface area contributed by atoms with Crippen molar-refractivity contribution in [2.75, 3.05) is 36.9 Å². The Labute approximate surface area is 198 Å². The Morgan fingerprint density at radius 1 is 1.03 bits per heavy atom. The first-order valence-corrected chi connectivity index (χ1v) is 12.4. The lowest BCUT2D eigenvalue weighted by molar-refractivity contribution is -0.119. The van der Waals surface area contributed by atoms with E-state index in [2.05, 4.69) is 20.3 Å². The van der Waals surface area contributed by atoms with Crippen LogP contribution in [0.1, 0.15) is 36.0 Å². The number of carbonyl (C=O) groups excluding carboxylic acids is 2. The second-order valence-electron chi connectivity index (χ2n) is 7.59. The lowest BCUT2D eigenvalue weighted by Gasteiger charge is -2.12. The molecule has 0 aromatic heterocycles. The van der Waals surface area contributed by atoms with Crippen molar-refractivity contribution in [2.24, 2.45) is 4.99 Å². The Bertz CT molecular complexity index is 1130. The summed E-state index contributed by atoms with van der Waals surface area (Å²) in [7, 11) is -3.77. The summed E-state index contributed by atoms with van der Waals surface area (Å²) in [6.07, 6.45) is 3.45. The van der Waals surface area contributed by atoms with Crippen LogP contribution in [0.2, 0.25) is 0 Å². The Morgan fingerprint density at radius 2 is 1.79 bits per heavy atom. The summed E-state index contributed by atoms with van der Waals surface area (Å²) in [5.41, 5.74) is 1.09. The highest BCUT2D eigenvalue weighted by Gasteiger charge is 2.18. The number of nitrogens with one attached hydrogen (secondary N) is 3. The summed E-state index contributed by atoms with van der Waals surface area (Å²) >= 11 is 0. The topological polar surface area (TPSA) is 146 Å². The second-order valence-corrected chi connectivity index (χ2v) is 9.27. The van der Waals surface area contributed by atoms with Gasteiger partial charge in [0.05, 0.1) is 17.1 Å². The van der Waals surface area contributed by atoms with Crippen LogP contribution in [0, 0.1) is 0 Å².